The zero-order valence-corrected chi connectivity index (χ0v) is 9.84. The lowest BCUT2D eigenvalue weighted by atomic mass is 10.3. The van der Waals surface area contributed by atoms with Crippen LogP contribution >= 0.6 is 0 Å². The molecule has 1 aromatic heterocycles. The molecule has 96 valence electrons. The average molecular weight is 241 g/mol. The number of nitrogens with zero attached hydrogens (tertiary/aromatic N) is 2. The molecule has 0 amide bonds. The molecule has 1 fully saturated rings. The molecule has 2 rings (SSSR count). The van der Waals surface area contributed by atoms with Gasteiger partial charge in [-0.05, 0) is 0 Å². The van der Waals surface area contributed by atoms with E-state index in [-0.39, 0.29) is 6.10 Å². The van der Waals surface area contributed by atoms with Crippen molar-refractivity contribution in [1.29, 1.82) is 0 Å². The van der Waals surface area contributed by atoms with Crippen molar-refractivity contribution in [2.75, 3.05) is 39.4 Å². The van der Waals surface area contributed by atoms with Gasteiger partial charge in [-0.25, -0.2) is 0 Å². The Bertz CT molecular complexity index is 299. The van der Waals surface area contributed by atoms with E-state index in [0.717, 1.165) is 32.0 Å². The third kappa shape index (κ3) is 4.43. The minimum atomic E-state index is -0.361. The van der Waals surface area contributed by atoms with Crippen molar-refractivity contribution in [2.24, 2.45) is 0 Å². The Kier molecular flexibility index (Phi) is 4.93. The molecule has 0 aliphatic carbocycles. The van der Waals surface area contributed by atoms with E-state index in [1.54, 1.807) is 12.3 Å². The topological polar surface area (TPSA) is 70.8 Å². The fourth-order valence-corrected chi connectivity index (χ4v) is 1.84. The maximum absolute atomic E-state index is 9.84. The maximum atomic E-state index is 9.84. The van der Waals surface area contributed by atoms with Crippen molar-refractivity contribution in [3.8, 4) is 0 Å². The molecule has 17 heavy (non-hydrogen) atoms. The summed E-state index contributed by atoms with van der Waals surface area (Å²) in [5, 5.41) is 16.8. The first kappa shape index (κ1) is 12.5. The summed E-state index contributed by atoms with van der Waals surface area (Å²) in [6, 6.07) is 1.81. The molecule has 0 aromatic carbocycles. The lowest BCUT2D eigenvalue weighted by molar-refractivity contribution is 0.0149. The van der Waals surface area contributed by atoms with Gasteiger partial charge in [0.15, 0.2) is 0 Å². The van der Waals surface area contributed by atoms with Gasteiger partial charge in [0.2, 0.25) is 0 Å². The van der Waals surface area contributed by atoms with Gasteiger partial charge in [-0.2, -0.15) is 0 Å². The molecule has 1 saturated heterocycles. The van der Waals surface area contributed by atoms with Crippen LogP contribution in [0.3, 0.4) is 0 Å². The fourth-order valence-electron chi connectivity index (χ4n) is 1.84. The highest BCUT2D eigenvalue weighted by molar-refractivity contribution is 4.94. The monoisotopic (exact) mass is 241 g/mol. The summed E-state index contributed by atoms with van der Waals surface area (Å²) in [6.45, 7) is 5.20. The highest BCUT2D eigenvalue weighted by Gasteiger charge is 2.14. The van der Waals surface area contributed by atoms with Gasteiger partial charge in [-0.15, -0.1) is 0 Å². The largest absolute Gasteiger partial charge is 0.390 e. The molecule has 2 N–H and O–H groups in total. The number of rotatable bonds is 6. The van der Waals surface area contributed by atoms with Crippen LogP contribution in [-0.4, -0.2) is 60.7 Å². The molecule has 0 radical (unpaired) electrons. The second kappa shape index (κ2) is 6.70. The molecular formula is C11H19N3O3. The third-order valence-electron chi connectivity index (χ3n) is 2.75. The van der Waals surface area contributed by atoms with Crippen LogP contribution in [0.15, 0.2) is 16.9 Å². The number of morpholine rings is 1. The summed E-state index contributed by atoms with van der Waals surface area (Å²) in [6.07, 6.45) is 1.18. The van der Waals surface area contributed by atoms with Gasteiger partial charge in [0.25, 0.3) is 0 Å². The number of aliphatic hydroxyl groups excluding tert-OH is 1. The number of ether oxygens (including phenoxy) is 1. The Morgan fingerprint density at radius 1 is 1.47 bits per heavy atom. The molecule has 2 heterocycles. The highest BCUT2D eigenvalue weighted by Crippen LogP contribution is 1.98. The second-order valence-corrected chi connectivity index (χ2v) is 4.19. The number of nitrogens with one attached hydrogen (secondary N) is 1. The van der Waals surface area contributed by atoms with Crippen LogP contribution < -0.4 is 5.32 Å². The van der Waals surface area contributed by atoms with Crippen LogP contribution in [0.25, 0.3) is 0 Å². The standard InChI is InChI=1S/C11H19N3O3/c15-11(9-14-2-5-16-6-3-14)8-12-7-10-1-4-17-13-10/h1,4,11-12,15H,2-3,5-9H2. The van der Waals surface area contributed by atoms with Gasteiger partial charge >= 0.3 is 0 Å². The summed E-state index contributed by atoms with van der Waals surface area (Å²) >= 11 is 0. The summed E-state index contributed by atoms with van der Waals surface area (Å²) in [7, 11) is 0. The van der Waals surface area contributed by atoms with Gasteiger partial charge in [-0.1, -0.05) is 5.16 Å². The zero-order valence-electron chi connectivity index (χ0n) is 9.84. The van der Waals surface area contributed by atoms with Crippen LogP contribution in [0.2, 0.25) is 0 Å². The number of hydrogen-bond acceptors (Lipinski definition) is 6. The molecule has 1 aliphatic rings. The number of aliphatic hydroxyl groups is 1. The SMILES string of the molecule is OC(CNCc1ccon1)CN1CCOCC1. The number of β-amino-alcohol motifs (C(OH)–C–C–N with tert-alkyl or cyclic N) is 1. The Labute approximate surface area is 101 Å². The van der Waals surface area contributed by atoms with E-state index in [4.69, 9.17) is 9.26 Å². The molecule has 1 aliphatic heterocycles. The van der Waals surface area contributed by atoms with E-state index in [1.165, 1.54) is 0 Å². The summed E-state index contributed by atoms with van der Waals surface area (Å²) < 4.78 is 9.97. The highest BCUT2D eigenvalue weighted by atomic mass is 16.5. The van der Waals surface area contributed by atoms with E-state index >= 15 is 0 Å². The molecule has 6 nitrogen and oxygen atoms in total. The minimum absolute atomic E-state index is 0.361. The summed E-state index contributed by atoms with van der Waals surface area (Å²) in [5.41, 5.74) is 0.851. The van der Waals surface area contributed by atoms with Crippen LogP contribution in [0.4, 0.5) is 0 Å². The van der Waals surface area contributed by atoms with Crippen molar-refractivity contribution >= 4 is 0 Å². The second-order valence-electron chi connectivity index (χ2n) is 4.19. The fraction of sp³-hybridized carbons (Fsp3) is 0.727. The first-order valence-corrected chi connectivity index (χ1v) is 5.93. The zero-order chi connectivity index (χ0) is 11.9. The molecule has 1 atom stereocenters. The van der Waals surface area contributed by atoms with E-state index in [2.05, 4.69) is 15.4 Å². The van der Waals surface area contributed by atoms with Crippen LogP contribution in [0.1, 0.15) is 5.69 Å². The Hall–Kier alpha value is -0.950. The first-order valence-electron chi connectivity index (χ1n) is 5.93. The lowest BCUT2D eigenvalue weighted by Gasteiger charge is -2.28. The average Bonchev–Trinajstić information content (AvgIpc) is 2.83. The van der Waals surface area contributed by atoms with Crippen LogP contribution in [0.5, 0.6) is 0 Å². The smallest absolute Gasteiger partial charge is 0.124 e. The van der Waals surface area contributed by atoms with Crippen LogP contribution in [-0.2, 0) is 11.3 Å². The van der Waals surface area contributed by atoms with Gasteiger partial charge in [0.1, 0.15) is 6.26 Å². The molecule has 1 unspecified atom stereocenters. The van der Waals surface area contributed by atoms with Crippen LogP contribution in [0, 0.1) is 0 Å². The summed E-state index contributed by atoms with van der Waals surface area (Å²) in [5.74, 6) is 0. The molecule has 0 saturated carbocycles. The van der Waals surface area contributed by atoms with Gasteiger partial charge in [0.05, 0.1) is 25.0 Å². The van der Waals surface area contributed by atoms with E-state index in [9.17, 15) is 5.11 Å². The van der Waals surface area contributed by atoms with E-state index in [1.807, 2.05) is 0 Å². The molecular weight excluding hydrogens is 222 g/mol. The summed E-state index contributed by atoms with van der Waals surface area (Å²) in [4.78, 5) is 2.21. The predicted octanol–water partition coefficient (Wildman–Crippen LogP) is -0.543. The normalized spacial score (nSPS) is 19.4. The maximum Gasteiger partial charge on any atom is 0.124 e. The third-order valence-corrected chi connectivity index (χ3v) is 2.75. The van der Waals surface area contributed by atoms with Crippen molar-refractivity contribution in [3.63, 3.8) is 0 Å². The number of hydrogen-bond donors (Lipinski definition) is 2. The lowest BCUT2D eigenvalue weighted by Crippen LogP contribution is -2.43. The van der Waals surface area contributed by atoms with Gasteiger partial charge in [-0.3, -0.25) is 4.90 Å². The van der Waals surface area contributed by atoms with Crippen molar-refractivity contribution in [3.05, 3.63) is 18.0 Å². The van der Waals surface area contributed by atoms with E-state index < -0.39 is 0 Å². The quantitative estimate of drug-likeness (QED) is 0.697. The molecule has 6 heteroatoms. The van der Waals surface area contributed by atoms with Crippen molar-refractivity contribution in [2.45, 2.75) is 12.6 Å². The van der Waals surface area contributed by atoms with Gasteiger partial charge in [0, 0.05) is 38.8 Å². The number of aromatic nitrogens is 1. The van der Waals surface area contributed by atoms with Crippen molar-refractivity contribution in [1.82, 2.24) is 15.4 Å². The Balaban J connectivity index is 1.58. The Morgan fingerprint density at radius 3 is 3.00 bits per heavy atom. The molecule has 0 spiro atoms. The minimum Gasteiger partial charge on any atom is -0.390 e. The Morgan fingerprint density at radius 2 is 2.29 bits per heavy atom. The van der Waals surface area contributed by atoms with E-state index in [0.29, 0.717) is 19.6 Å². The molecule has 0 bridgehead atoms. The van der Waals surface area contributed by atoms with Crippen molar-refractivity contribution < 1.29 is 14.4 Å². The first-order chi connectivity index (χ1) is 8.34. The molecule has 1 aromatic rings. The van der Waals surface area contributed by atoms with Gasteiger partial charge < -0.3 is 19.7 Å². The predicted molar refractivity (Wildman–Crippen MR) is 61.5 cm³/mol.